The first kappa shape index (κ1) is 23.2. The van der Waals surface area contributed by atoms with Crippen molar-refractivity contribution in [1.82, 2.24) is 5.32 Å². The zero-order valence-electron chi connectivity index (χ0n) is 17.4. The molecule has 1 atom stereocenters. The van der Waals surface area contributed by atoms with E-state index in [-0.39, 0.29) is 5.91 Å². The Morgan fingerprint density at radius 2 is 1.83 bits per heavy atom. The molecule has 7 heteroatoms. The van der Waals surface area contributed by atoms with E-state index >= 15 is 0 Å². The first-order chi connectivity index (χ1) is 13.6. The number of rotatable bonds is 9. The van der Waals surface area contributed by atoms with E-state index in [1.54, 1.807) is 6.07 Å². The number of nitrogens with zero attached hydrogens (tertiary/aromatic N) is 1. The molecule has 2 aromatic carbocycles. The quantitative estimate of drug-likeness (QED) is 0.597. The first-order valence-electron chi connectivity index (χ1n) is 9.73. The second kappa shape index (κ2) is 10.1. The van der Waals surface area contributed by atoms with Crippen LogP contribution < -0.4 is 9.62 Å². The minimum atomic E-state index is -3.63. The fraction of sp³-hybridized carbons (Fsp3) is 0.409. The Morgan fingerprint density at radius 1 is 1.14 bits per heavy atom. The average Bonchev–Trinajstić information content (AvgIpc) is 2.65. The number of nitrogens with one attached hydrogen (secondary N) is 1. The molecule has 0 aliphatic heterocycles. The van der Waals surface area contributed by atoms with Gasteiger partial charge in [-0.05, 0) is 68.0 Å². The van der Waals surface area contributed by atoms with Crippen molar-refractivity contribution >= 4 is 33.2 Å². The smallest absolute Gasteiger partial charge is 0.243 e. The summed E-state index contributed by atoms with van der Waals surface area (Å²) in [4.78, 5) is 12.8. The van der Waals surface area contributed by atoms with Gasteiger partial charge in [0, 0.05) is 11.6 Å². The largest absolute Gasteiger partial charge is 0.354 e. The van der Waals surface area contributed by atoms with Crippen LogP contribution in [-0.2, 0) is 21.2 Å². The third-order valence-electron chi connectivity index (χ3n) is 4.95. The van der Waals surface area contributed by atoms with Crippen LogP contribution in [0.3, 0.4) is 0 Å². The van der Waals surface area contributed by atoms with Gasteiger partial charge in [-0.1, -0.05) is 42.8 Å². The summed E-state index contributed by atoms with van der Waals surface area (Å²) < 4.78 is 26.3. The van der Waals surface area contributed by atoms with Gasteiger partial charge >= 0.3 is 0 Å². The van der Waals surface area contributed by atoms with Gasteiger partial charge in [0.25, 0.3) is 0 Å². The second-order valence-corrected chi connectivity index (χ2v) is 9.50. The summed E-state index contributed by atoms with van der Waals surface area (Å²) in [7, 11) is -3.63. The van der Waals surface area contributed by atoms with Gasteiger partial charge in [0.05, 0.1) is 11.9 Å². The highest BCUT2D eigenvalue weighted by Crippen LogP contribution is 2.25. The lowest BCUT2D eigenvalue weighted by atomic mass is 10.1. The molecule has 5 nitrogen and oxygen atoms in total. The molecule has 2 rings (SSSR count). The van der Waals surface area contributed by atoms with E-state index in [4.69, 9.17) is 11.6 Å². The zero-order chi connectivity index (χ0) is 21.6. The lowest BCUT2D eigenvalue weighted by Crippen LogP contribution is -2.49. The second-order valence-electron chi connectivity index (χ2n) is 7.24. The first-order valence-corrected chi connectivity index (χ1v) is 12.0. The van der Waals surface area contributed by atoms with Crippen molar-refractivity contribution in [3.63, 3.8) is 0 Å². The van der Waals surface area contributed by atoms with Gasteiger partial charge < -0.3 is 5.32 Å². The zero-order valence-corrected chi connectivity index (χ0v) is 19.0. The van der Waals surface area contributed by atoms with Gasteiger partial charge in [-0.3, -0.25) is 9.10 Å². The van der Waals surface area contributed by atoms with Crippen LogP contribution in [0.1, 0.15) is 36.5 Å². The molecule has 0 aliphatic rings. The van der Waals surface area contributed by atoms with Gasteiger partial charge in [0.1, 0.15) is 6.04 Å². The number of aryl methyl sites for hydroxylation is 3. The molecule has 158 valence electrons. The number of hydrogen-bond acceptors (Lipinski definition) is 3. The van der Waals surface area contributed by atoms with Crippen LogP contribution in [-0.4, -0.2) is 33.2 Å². The fourth-order valence-electron chi connectivity index (χ4n) is 3.23. The van der Waals surface area contributed by atoms with Gasteiger partial charge in [-0.15, -0.1) is 0 Å². The minimum Gasteiger partial charge on any atom is -0.354 e. The minimum absolute atomic E-state index is 0.296. The normalized spacial score (nSPS) is 12.4. The van der Waals surface area contributed by atoms with Gasteiger partial charge in [-0.2, -0.15) is 0 Å². The maximum atomic E-state index is 12.8. The van der Waals surface area contributed by atoms with Crippen molar-refractivity contribution in [3.05, 3.63) is 64.2 Å². The number of benzene rings is 2. The van der Waals surface area contributed by atoms with Crippen molar-refractivity contribution in [1.29, 1.82) is 0 Å². The highest BCUT2D eigenvalue weighted by Gasteiger charge is 2.31. The Kier molecular flexibility index (Phi) is 8.11. The summed E-state index contributed by atoms with van der Waals surface area (Å²) in [6.07, 6.45) is 2.96. The molecule has 0 saturated heterocycles. The van der Waals surface area contributed by atoms with Crippen molar-refractivity contribution in [2.45, 2.75) is 46.1 Å². The molecule has 0 aliphatic carbocycles. The van der Waals surface area contributed by atoms with Crippen LogP contribution in [0.15, 0.2) is 42.5 Å². The van der Waals surface area contributed by atoms with Crippen molar-refractivity contribution in [3.8, 4) is 0 Å². The van der Waals surface area contributed by atoms with E-state index < -0.39 is 16.1 Å². The summed E-state index contributed by atoms with van der Waals surface area (Å²) in [5.74, 6) is -0.296. The molecular weight excluding hydrogens is 408 g/mol. The third kappa shape index (κ3) is 6.21. The Balaban J connectivity index is 2.10. The van der Waals surface area contributed by atoms with Crippen molar-refractivity contribution in [2.75, 3.05) is 17.1 Å². The topological polar surface area (TPSA) is 66.5 Å². The summed E-state index contributed by atoms with van der Waals surface area (Å²) in [5.41, 5.74) is 3.59. The van der Waals surface area contributed by atoms with Crippen LogP contribution >= 0.6 is 11.6 Å². The standard InChI is InChI=1S/C22H29ClN2O3S/c1-5-21(22(26)24-14-8-10-18-9-6-7-11-20(18)23)25(29(4,27)28)19-13-12-16(2)17(3)15-19/h6-7,9,11-13,15,21H,5,8,10,14H2,1-4H3,(H,24,26)/t21-/m1/s1. The van der Waals surface area contributed by atoms with E-state index in [1.807, 2.05) is 57.2 Å². The summed E-state index contributed by atoms with van der Waals surface area (Å²) in [6, 6.07) is 12.2. The van der Waals surface area contributed by atoms with Gasteiger partial charge in [0.15, 0.2) is 0 Å². The number of sulfonamides is 1. The van der Waals surface area contributed by atoms with E-state index in [9.17, 15) is 13.2 Å². The van der Waals surface area contributed by atoms with Crippen LogP contribution in [0, 0.1) is 13.8 Å². The monoisotopic (exact) mass is 436 g/mol. The Morgan fingerprint density at radius 3 is 2.41 bits per heavy atom. The summed E-state index contributed by atoms with van der Waals surface area (Å²) in [5, 5.41) is 3.59. The number of amides is 1. The molecule has 0 unspecified atom stereocenters. The number of carbonyl (C=O) groups is 1. The molecule has 0 spiro atoms. The number of carbonyl (C=O) groups excluding carboxylic acids is 1. The maximum Gasteiger partial charge on any atom is 0.243 e. The molecule has 0 aromatic heterocycles. The molecule has 0 heterocycles. The Labute approximate surface area is 179 Å². The number of halogens is 1. The third-order valence-corrected chi connectivity index (χ3v) is 6.50. The van der Waals surface area contributed by atoms with E-state index in [0.717, 1.165) is 29.4 Å². The molecule has 0 saturated carbocycles. The predicted octanol–water partition coefficient (Wildman–Crippen LogP) is 4.25. The molecule has 1 N–H and O–H groups in total. The summed E-state index contributed by atoms with van der Waals surface area (Å²) in [6.45, 7) is 6.15. The molecule has 2 aromatic rings. The van der Waals surface area contributed by atoms with E-state index in [2.05, 4.69) is 5.32 Å². The van der Waals surface area contributed by atoms with Crippen molar-refractivity contribution in [2.24, 2.45) is 0 Å². The lowest BCUT2D eigenvalue weighted by molar-refractivity contribution is -0.122. The van der Waals surface area contributed by atoms with Crippen LogP contribution in [0.25, 0.3) is 0 Å². The molecule has 0 bridgehead atoms. The predicted molar refractivity (Wildman–Crippen MR) is 120 cm³/mol. The van der Waals surface area contributed by atoms with Crippen molar-refractivity contribution < 1.29 is 13.2 Å². The Hall–Kier alpha value is -2.05. The van der Waals surface area contributed by atoms with Gasteiger partial charge in [-0.25, -0.2) is 8.42 Å². The maximum absolute atomic E-state index is 12.8. The highest BCUT2D eigenvalue weighted by atomic mass is 35.5. The van der Waals surface area contributed by atoms with E-state index in [1.165, 1.54) is 4.31 Å². The molecule has 0 fully saturated rings. The SMILES string of the molecule is CC[C@H](C(=O)NCCCc1ccccc1Cl)N(c1ccc(C)c(C)c1)S(C)(=O)=O. The molecule has 1 amide bonds. The fourth-order valence-corrected chi connectivity index (χ4v) is 4.67. The summed E-state index contributed by atoms with van der Waals surface area (Å²) >= 11 is 6.16. The van der Waals surface area contributed by atoms with Crippen LogP contribution in [0.4, 0.5) is 5.69 Å². The molecular formula is C22H29ClN2O3S. The number of anilines is 1. The lowest BCUT2D eigenvalue weighted by Gasteiger charge is -2.30. The average molecular weight is 437 g/mol. The molecule has 0 radical (unpaired) electrons. The van der Waals surface area contributed by atoms with E-state index in [0.29, 0.717) is 30.1 Å². The van der Waals surface area contributed by atoms with Gasteiger partial charge in [0.2, 0.25) is 15.9 Å². The molecule has 29 heavy (non-hydrogen) atoms. The Bertz CT molecular complexity index is 960. The van der Waals surface area contributed by atoms with Crippen LogP contribution in [0.2, 0.25) is 5.02 Å². The highest BCUT2D eigenvalue weighted by molar-refractivity contribution is 7.92. The van der Waals surface area contributed by atoms with Crippen LogP contribution in [0.5, 0.6) is 0 Å². The number of hydrogen-bond donors (Lipinski definition) is 1.